The minimum atomic E-state index is -4.49. The zero-order valence-electron chi connectivity index (χ0n) is 12.7. The molecule has 0 bridgehead atoms. The van der Waals surface area contributed by atoms with Gasteiger partial charge in [0.05, 0.1) is 5.41 Å². The summed E-state index contributed by atoms with van der Waals surface area (Å²) in [6, 6.07) is 8.81. The van der Waals surface area contributed by atoms with Crippen molar-refractivity contribution >= 4 is 0 Å². The lowest BCUT2D eigenvalue weighted by Gasteiger charge is -2.13. The molecule has 0 radical (unpaired) electrons. The number of halogens is 3. The van der Waals surface area contributed by atoms with Gasteiger partial charge >= 0.3 is 6.18 Å². The summed E-state index contributed by atoms with van der Waals surface area (Å²) < 4.78 is 43.1. The monoisotopic (exact) mass is 334 g/mol. The van der Waals surface area contributed by atoms with Gasteiger partial charge in [0.1, 0.15) is 5.69 Å². The third-order valence-electron chi connectivity index (χ3n) is 4.37. The molecule has 1 fully saturated rings. The van der Waals surface area contributed by atoms with Gasteiger partial charge in [-0.3, -0.25) is 5.10 Å². The first-order chi connectivity index (χ1) is 11.4. The fourth-order valence-electron chi connectivity index (χ4n) is 2.95. The first kappa shape index (κ1) is 14.9. The summed E-state index contributed by atoms with van der Waals surface area (Å²) in [5, 5.41) is 9.56. The van der Waals surface area contributed by atoms with Crippen LogP contribution < -0.4 is 0 Å². The summed E-state index contributed by atoms with van der Waals surface area (Å²) in [6.07, 6.45) is -2.73. The zero-order chi connectivity index (χ0) is 16.9. The summed E-state index contributed by atoms with van der Waals surface area (Å²) in [4.78, 5) is 4.30. The Morgan fingerprint density at radius 2 is 1.96 bits per heavy atom. The molecule has 2 aromatic heterocycles. The molecule has 0 saturated heterocycles. The van der Waals surface area contributed by atoms with E-state index < -0.39 is 11.9 Å². The van der Waals surface area contributed by atoms with Crippen molar-refractivity contribution in [3.05, 3.63) is 53.0 Å². The average molecular weight is 334 g/mol. The second-order valence-corrected chi connectivity index (χ2v) is 5.98. The third-order valence-corrected chi connectivity index (χ3v) is 4.37. The Hall–Kier alpha value is -2.64. The Morgan fingerprint density at radius 1 is 1.21 bits per heavy atom. The molecular formula is C16H13F3N4O. The van der Waals surface area contributed by atoms with E-state index in [0.29, 0.717) is 5.82 Å². The number of nitrogens with zero attached hydrogens (tertiary/aromatic N) is 3. The van der Waals surface area contributed by atoms with Crippen LogP contribution in [0.5, 0.6) is 0 Å². The van der Waals surface area contributed by atoms with Crippen molar-refractivity contribution in [3.63, 3.8) is 0 Å². The first-order valence-electron chi connectivity index (χ1n) is 7.43. The van der Waals surface area contributed by atoms with Crippen molar-refractivity contribution in [1.82, 2.24) is 20.3 Å². The SMILES string of the molecule is Cc1ccccc1C1(c2noc(-c3cc(C(F)(F)F)[nH]n3)n2)CC1. The molecular weight excluding hydrogens is 321 g/mol. The summed E-state index contributed by atoms with van der Waals surface area (Å²) in [5.41, 5.74) is 0.978. The Labute approximate surface area is 134 Å². The number of alkyl halides is 3. The molecule has 0 atom stereocenters. The van der Waals surface area contributed by atoms with Crippen molar-refractivity contribution in [1.29, 1.82) is 0 Å². The second kappa shape index (κ2) is 4.93. The lowest BCUT2D eigenvalue weighted by molar-refractivity contribution is -0.141. The molecule has 24 heavy (non-hydrogen) atoms. The molecule has 2 heterocycles. The Morgan fingerprint density at radius 3 is 2.58 bits per heavy atom. The molecule has 5 nitrogen and oxygen atoms in total. The minimum Gasteiger partial charge on any atom is -0.332 e. The highest BCUT2D eigenvalue weighted by molar-refractivity contribution is 5.49. The number of rotatable bonds is 3. The lowest BCUT2D eigenvalue weighted by Crippen LogP contribution is -2.12. The number of aromatic nitrogens is 4. The van der Waals surface area contributed by atoms with Gasteiger partial charge in [-0.1, -0.05) is 29.4 Å². The van der Waals surface area contributed by atoms with E-state index in [1.54, 1.807) is 0 Å². The number of benzene rings is 1. The molecule has 0 spiro atoms. The van der Waals surface area contributed by atoms with Crippen LogP contribution in [0.15, 0.2) is 34.9 Å². The largest absolute Gasteiger partial charge is 0.432 e. The molecule has 1 aliphatic carbocycles. The maximum Gasteiger partial charge on any atom is 0.432 e. The van der Waals surface area contributed by atoms with Gasteiger partial charge in [0.25, 0.3) is 5.89 Å². The van der Waals surface area contributed by atoms with E-state index in [1.165, 1.54) is 0 Å². The van der Waals surface area contributed by atoms with Gasteiger partial charge in [-0.05, 0) is 30.9 Å². The molecule has 124 valence electrons. The van der Waals surface area contributed by atoms with E-state index >= 15 is 0 Å². The predicted octanol–water partition coefficient (Wildman–Crippen LogP) is 3.87. The van der Waals surface area contributed by atoms with E-state index in [0.717, 1.165) is 30.0 Å². The van der Waals surface area contributed by atoms with Crippen LogP contribution in [0.2, 0.25) is 0 Å². The van der Waals surface area contributed by atoms with E-state index in [-0.39, 0.29) is 17.0 Å². The number of hydrogen-bond acceptors (Lipinski definition) is 4. The van der Waals surface area contributed by atoms with Crippen molar-refractivity contribution in [2.24, 2.45) is 0 Å². The normalized spacial score (nSPS) is 16.3. The summed E-state index contributed by atoms with van der Waals surface area (Å²) in [7, 11) is 0. The summed E-state index contributed by atoms with van der Waals surface area (Å²) >= 11 is 0. The number of aromatic amines is 1. The van der Waals surface area contributed by atoms with Crippen LogP contribution in [-0.2, 0) is 11.6 Å². The van der Waals surface area contributed by atoms with Crippen LogP contribution in [0.25, 0.3) is 11.6 Å². The van der Waals surface area contributed by atoms with E-state index in [1.807, 2.05) is 36.3 Å². The van der Waals surface area contributed by atoms with Gasteiger partial charge < -0.3 is 4.52 Å². The van der Waals surface area contributed by atoms with Gasteiger partial charge in [-0.15, -0.1) is 0 Å². The average Bonchev–Trinajstić information content (AvgIpc) is 2.99. The fraction of sp³-hybridized carbons (Fsp3) is 0.312. The van der Waals surface area contributed by atoms with Gasteiger partial charge in [0.2, 0.25) is 0 Å². The standard InChI is InChI=1S/C16H13F3N4O/c1-9-4-2-3-5-10(9)15(6-7-15)14-20-13(24-23-14)11-8-12(22-21-11)16(17,18)19/h2-5,8H,6-7H2,1H3,(H,21,22). The third kappa shape index (κ3) is 2.29. The van der Waals surface area contributed by atoms with Gasteiger partial charge in [-0.25, -0.2) is 0 Å². The highest BCUT2D eigenvalue weighted by Gasteiger charge is 2.50. The smallest absolute Gasteiger partial charge is 0.332 e. The maximum atomic E-state index is 12.6. The summed E-state index contributed by atoms with van der Waals surface area (Å²) in [6.45, 7) is 2.01. The molecule has 3 aromatic rings. The van der Waals surface area contributed by atoms with Crippen LogP contribution in [0.3, 0.4) is 0 Å². The molecule has 1 aliphatic rings. The van der Waals surface area contributed by atoms with E-state index in [9.17, 15) is 13.2 Å². The summed E-state index contributed by atoms with van der Waals surface area (Å²) in [5.74, 6) is 0.472. The number of nitrogens with one attached hydrogen (secondary N) is 1. The van der Waals surface area contributed by atoms with E-state index in [2.05, 4.69) is 15.2 Å². The van der Waals surface area contributed by atoms with Gasteiger partial charge in [0.15, 0.2) is 11.5 Å². The minimum absolute atomic E-state index is 0.0124. The fourth-order valence-corrected chi connectivity index (χ4v) is 2.95. The first-order valence-corrected chi connectivity index (χ1v) is 7.43. The number of aryl methyl sites for hydroxylation is 1. The van der Waals surface area contributed by atoms with Crippen LogP contribution in [0.4, 0.5) is 13.2 Å². The van der Waals surface area contributed by atoms with Crippen LogP contribution in [-0.4, -0.2) is 20.3 Å². The lowest BCUT2D eigenvalue weighted by atomic mass is 9.91. The second-order valence-electron chi connectivity index (χ2n) is 5.98. The molecule has 1 N–H and O–H groups in total. The number of hydrogen-bond donors (Lipinski definition) is 1. The van der Waals surface area contributed by atoms with Crippen molar-refractivity contribution < 1.29 is 17.7 Å². The highest BCUT2D eigenvalue weighted by atomic mass is 19.4. The predicted molar refractivity (Wildman–Crippen MR) is 78.1 cm³/mol. The van der Waals surface area contributed by atoms with Gasteiger partial charge in [0, 0.05) is 6.07 Å². The number of H-pyrrole nitrogens is 1. The molecule has 1 saturated carbocycles. The van der Waals surface area contributed by atoms with Crippen molar-refractivity contribution in [2.75, 3.05) is 0 Å². The topological polar surface area (TPSA) is 67.6 Å². The molecule has 1 aromatic carbocycles. The molecule has 4 rings (SSSR count). The molecule has 0 amide bonds. The quantitative estimate of drug-likeness (QED) is 0.789. The zero-order valence-corrected chi connectivity index (χ0v) is 12.7. The Bertz CT molecular complexity index is 893. The van der Waals surface area contributed by atoms with Crippen molar-refractivity contribution in [2.45, 2.75) is 31.4 Å². The van der Waals surface area contributed by atoms with Crippen LogP contribution in [0, 0.1) is 6.92 Å². The highest BCUT2D eigenvalue weighted by Crippen LogP contribution is 2.53. The van der Waals surface area contributed by atoms with Crippen molar-refractivity contribution in [3.8, 4) is 11.6 Å². The maximum absolute atomic E-state index is 12.6. The van der Waals surface area contributed by atoms with E-state index in [4.69, 9.17) is 4.52 Å². The molecule has 8 heteroatoms. The Kier molecular flexibility index (Phi) is 3.06. The molecule has 0 unspecified atom stereocenters. The van der Waals surface area contributed by atoms with Gasteiger partial charge in [-0.2, -0.15) is 23.3 Å². The van der Waals surface area contributed by atoms with Crippen LogP contribution in [0.1, 0.15) is 35.5 Å². The molecule has 0 aliphatic heterocycles. The van der Waals surface area contributed by atoms with Crippen LogP contribution >= 0.6 is 0 Å². The Balaban J connectivity index is 1.69.